The normalized spacial score (nSPS) is 11.9. The van der Waals surface area contributed by atoms with Crippen LogP contribution in [-0.2, 0) is 6.54 Å². The first kappa shape index (κ1) is 16.6. The van der Waals surface area contributed by atoms with Gasteiger partial charge in [0.25, 0.3) is 5.92 Å². The molecule has 0 aliphatic carbocycles. The number of aryl methyl sites for hydroxylation is 1. The van der Waals surface area contributed by atoms with Crippen LogP contribution in [0.4, 0.5) is 24.7 Å². The lowest BCUT2D eigenvalue weighted by atomic mass is 10.2. The Labute approximate surface area is 142 Å². The molecule has 0 atom stereocenters. The highest BCUT2D eigenvalue weighted by Crippen LogP contribution is 2.32. The van der Waals surface area contributed by atoms with Gasteiger partial charge in [-0.1, -0.05) is 11.6 Å². The van der Waals surface area contributed by atoms with E-state index in [1.165, 1.54) is 22.9 Å². The van der Waals surface area contributed by atoms with Crippen LogP contribution in [0.3, 0.4) is 0 Å². The maximum absolute atomic E-state index is 13.4. The second-order valence-corrected chi connectivity index (χ2v) is 6.22. The van der Waals surface area contributed by atoms with Crippen LogP contribution in [0.5, 0.6) is 0 Å². The minimum atomic E-state index is -2.82. The molecular formula is C17H15ClF3N3. The molecule has 7 heteroatoms. The number of benzene rings is 1. The molecule has 3 aromatic rings. The molecule has 3 nitrogen and oxygen atoms in total. The third-order valence-electron chi connectivity index (χ3n) is 3.64. The highest BCUT2D eigenvalue weighted by atomic mass is 35.5. The Hall–Kier alpha value is -2.21. The van der Waals surface area contributed by atoms with E-state index in [4.69, 9.17) is 11.6 Å². The number of halogens is 4. The van der Waals surface area contributed by atoms with E-state index >= 15 is 0 Å². The topological polar surface area (TPSA) is 29.9 Å². The molecule has 2 heterocycles. The lowest BCUT2D eigenvalue weighted by Gasteiger charge is -2.14. The molecule has 0 bridgehead atoms. The average molecular weight is 354 g/mol. The van der Waals surface area contributed by atoms with Crippen molar-refractivity contribution >= 4 is 34.0 Å². The van der Waals surface area contributed by atoms with E-state index in [1.54, 1.807) is 25.3 Å². The molecule has 1 aromatic carbocycles. The standard InChI is InChI=1S/C17H15ClF3N3/c1-10-7-11(19)8-13(18)15(10)23-16-12-4-6-24(9-17(2,20)21)14(12)3-5-22-16/h3-8H,9H2,1-2H3,(H,22,23). The van der Waals surface area contributed by atoms with Crippen LogP contribution >= 0.6 is 11.6 Å². The van der Waals surface area contributed by atoms with E-state index in [9.17, 15) is 13.2 Å². The van der Waals surface area contributed by atoms with Crippen LogP contribution in [0.25, 0.3) is 10.9 Å². The van der Waals surface area contributed by atoms with Crippen LogP contribution in [0.2, 0.25) is 5.02 Å². The first-order chi connectivity index (χ1) is 11.2. The van der Waals surface area contributed by atoms with Gasteiger partial charge in [0.05, 0.1) is 22.8 Å². The molecule has 0 amide bonds. The van der Waals surface area contributed by atoms with Crippen molar-refractivity contribution in [2.24, 2.45) is 0 Å². The van der Waals surface area contributed by atoms with Crippen LogP contribution in [-0.4, -0.2) is 15.5 Å². The molecule has 0 radical (unpaired) electrons. The third kappa shape index (κ3) is 3.33. The fourth-order valence-corrected chi connectivity index (χ4v) is 2.94. The predicted molar refractivity (Wildman–Crippen MR) is 89.8 cm³/mol. The smallest absolute Gasteiger partial charge is 0.262 e. The molecule has 0 aliphatic heterocycles. The lowest BCUT2D eigenvalue weighted by Crippen LogP contribution is -2.18. The molecule has 0 fully saturated rings. The van der Waals surface area contributed by atoms with Crippen LogP contribution in [0.15, 0.2) is 36.7 Å². The van der Waals surface area contributed by atoms with Crippen LogP contribution in [0.1, 0.15) is 12.5 Å². The van der Waals surface area contributed by atoms with Gasteiger partial charge in [0.15, 0.2) is 0 Å². The van der Waals surface area contributed by atoms with Crippen molar-refractivity contribution < 1.29 is 13.2 Å². The van der Waals surface area contributed by atoms with Gasteiger partial charge < -0.3 is 9.88 Å². The Morgan fingerprint density at radius 3 is 2.71 bits per heavy atom. The van der Waals surface area contributed by atoms with Crippen molar-refractivity contribution in [3.05, 3.63) is 53.1 Å². The number of anilines is 2. The van der Waals surface area contributed by atoms with Crippen molar-refractivity contribution in [1.82, 2.24) is 9.55 Å². The van der Waals surface area contributed by atoms with Crippen molar-refractivity contribution in [2.45, 2.75) is 26.3 Å². The number of aromatic nitrogens is 2. The van der Waals surface area contributed by atoms with Crippen LogP contribution in [0, 0.1) is 12.7 Å². The molecular weight excluding hydrogens is 339 g/mol. The first-order valence-electron chi connectivity index (χ1n) is 7.29. The first-order valence-corrected chi connectivity index (χ1v) is 7.67. The van der Waals surface area contributed by atoms with Gasteiger partial charge in [-0.05, 0) is 36.8 Å². The highest BCUT2D eigenvalue weighted by Gasteiger charge is 2.23. The largest absolute Gasteiger partial charge is 0.341 e. The fourth-order valence-electron chi connectivity index (χ4n) is 2.64. The maximum Gasteiger partial charge on any atom is 0.262 e. The van der Waals surface area contributed by atoms with Crippen LogP contribution < -0.4 is 5.32 Å². The molecule has 1 N–H and O–H groups in total. The van der Waals surface area contributed by atoms with E-state index in [-0.39, 0.29) is 5.02 Å². The zero-order chi connectivity index (χ0) is 17.5. The minimum absolute atomic E-state index is 0.228. The zero-order valence-electron chi connectivity index (χ0n) is 13.1. The summed E-state index contributed by atoms with van der Waals surface area (Å²) in [6.07, 6.45) is 3.12. The Balaban J connectivity index is 2.03. The molecule has 2 aromatic heterocycles. The minimum Gasteiger partial charge on any atom is -0.341 e. The number of alkyl halides is 2. The van der Waals surface area contributed by atoms with E-state index in [1.807, 2.05) is 0 Å². The summed E-state index contributed by atoms with van der Waals surface area (Å²) < 4.78 is 41.4. The van der Waals surface area contributed by atoms with Gasteiger partial charge in [-0.2, -0.15) is 0 Å². The average Bonchev–Trinajstić information content (AvgIpc) is 2.85. The highest BCUT2D eigenvalue weighted by molar-refractivity contribution is 6.33. The molecule has 0 saturated carbocycles. The van der Waals surface area contributed by atoms with E-state index in [0.717, 1.165) is 6.92 Å². The number of rotatable bonds is 4. The number of hydrogen-bond donors (Lipinski definition) is 1. The fraction of sp³-hybridized carbons (Fsp3) is 0.235. The number of nitrogens with one attached hydrogen (secondary N) is 1. The zero-order valence-corrected chi connectivity index (χ0v) is 13.8. The number of pyridine rings is 1. The Kier molecular flexibility index (Phi) is 4.17. The van der Waals surface area contributed by atoms with E-state index in [0.29, 0.717) is 28.0 Å². The summed E-state index contributed by atoms with van der Waals surface area (Å²) in [6, 6.07) is 5.95. The number of fused-ring (bicyclic) bond motifs is 1. The molecule has 126 valence electrons. The molecule has 0 unspecified atom stereocenters. The van der Waals surface area contributed by atoms with E-state index < -0.39 is 18.3 Å². The van der Waals surface area contributed by atoms with Gasteiger partial charge >= 0.3 is 0 Å². The molecule has 0 saturated heterocycles. The second-order valence-electron chi connectivity index (χ2n) is 5.81. The molecule has 3 rings (SSSR count). The van der Waals surface area contributed by atoms with Gasteiger partial charge in [0, 0.05) is 24.7 Å². The predicted octanol–water partition coefficient (Wildman–Crippen LogP) is 5.54. The SMILES string of the molecule is Cc1cc(F)cc(Cl)c1Nc1nccc2c1ccn2CC(C)(F)F. The monoisotopic (exact) mass is 353 g/mol. The third-order valence-corrected chi connectivity index (χ3v) is 3.94. The quantitative estimate of drug-likeness (QED) is 0.667. The number of hydrogen-bond acceptors (Lipinski definition) is 2. The summed E-state index contributed by atoms with van der Waals surface area (Å²) in [7, 11) is 0. The molecule has 0 spiro atoms. The Bertz CT molecular complexity index is 877. The van der Waals surface area contributed by atoms with E-state index in [2.05, 4.69) is 10.3 Å². The van der Waals surface area contributed by atoms with Gasteiger partial charge in [0.2, 0.25) is 0 Å². The van der Waals surface area contributed by atoms with Gasteiger partial charge in [0.1, 0.15) is 11.6 Å². The van der Waals surface area contributed by atoms with Crippen molar-refractivity contribution in [2.75, 3.05) is 5.32 Å². The van der Waals surface area contributed by atoms with Gasteiger partial charge in [-0.25, -0.2) is 18.2 Å². The second kappa shape index (κ2) is 6.02. The summed E-state index contributed by atoms with van der Waals surface area (Å²) in [6.45, 7) is 2.18. The summed E-state index contributed by atoms with van der Waals surface area (Å²) in [5.74, 6) is -2.77. The Morgan fingerprint density at radius 2 is 2.04 bits per heavy atom. The van der Waals surface area contributed by atoms with Gasteiger partial charge in [-0.3, -0.25) is 0 Å². The van der Waals surface area contributed by atoms with Gasteiger partial charge in [-0.15, -0.1) is 0 Å². The number of nitrogens with zero attached hydrogens (tertiary/aromatic N) is 2. The lowest BCUT2D eigenvalue weighted by molar-refractivity contribution is 0.00510. The molecule has 0 aliphatic rings. The summed E-state index contributed by atoms with van der Waals surface area (Å²) in [5.41, 5.74) is 1.79. The Morgan fingerprint density at radius 1 is 1.29 bits per heavy atom. The summed E-state index contributed by atoms with van der Waals surface area (Å²) in [5, 5.41) is 3.99. The van der Waals surface area contributed by atoms with Crippen molar-refractivity contribution in [3.63, 3.8) is 0 Å². The van der Waals surface area contributed by atoms with Crippen molar-refractivity contribution in [3.8, 4) is 0 Å². The summed E-state index contributed by atoms with van der Waals surface area (Å²) in [4.78, 5) is 4.25. The molecule has 24 heavy (non-hydrogen) atoms. The maximum atomic E-state index is 13.4. The summed E-state index contributed by atoms with van der Waals surface area (Å²) >= 11 is 6.09. The van der Waals surface area contributed by atoms with Crippen molar-refractivity contribution in [1.29, 1.82) is 0 Å².